The molecule has 0 aliphatic carbocycles. The van der Waals surface area contributed by atoms with Crippen molar-refractivity contribution in [3.63, 3.8) is 0 Å². The summed E-state index contributed by atoms with van der Waals surface area (Å²) in [5.74, 6) is 0.272. The number of halogens is 1. The molecule has 116 valence electrons. The van der Waals surface area contributed by atoms with Crippen molar-refractivity contribution in [1.82, 2.24) is 20.2 Å². The lowest BCUT2D eigenvalue weighted by atomic mass is 10.2. The molecule has 3 aromatic rings. The molecule has 0 aliphatic rings. The van der Waals surface area contributed by atoms with Crippen molar-refractivity contribution in [2.45, 2.75) is 13.3 Å². The summed E-state index contributed by atoms with van der Waals surface area (Å²) < 4.78 is 13.1. The summed E-state index contributed by atoms with van der Waals surface area (Å²) in [6, 6.07) is 9.62. The van der Waals surface area contributed by atoms with Gasteiger partial charge in [0, 0.05) is 11.9 Å². The molecule has 0 bridgehead atoms. The molecule has 0 fully saturated rings. The molecule has 0 unspecified atom stereocenters. The molecule has 2 aromatic heterocycles. The van der Waals surface area contributed by atoms with Gasteiger partial charge in [-0.3, -0.25) is 14.9 Å². The Balaban J connectivity index is 1.68. The van der Waals surface area contributed by atoms with Crippen LogP contribution in [0.15, 0.2) is 42.6 Å². The average molecular weight is 311 g/mol. The predicted molar refractivity (Wildman–Crippen MR) is 83.1 cm³/mol. The van der Waals surface area contributed by atoms with Gasteiger partial charge < -0.3 is 5.32 Å². The molecule has 0 spiro atoms. The Hall–Kier alpha value is -3.09. The summed E-state index contributed by atoms with van der Waals surface area (Å²) in [7, 11) is 0. The fourth-order valence-electron chi connectivity index (χ4n) is 2.10. The van der Waals surface area contributed by atoms with E-state index in [0.29, 0.717) is 28.6 Å². The first-order valence-electron chi connectivity index (χ1n) is 7.00. The third-order valence-corrected chi connectivity index (χ3v) is 3.22. The Morgan fingerprint density at radius 2 is 2.17 bits per heavy atom. The first kappa shape index (κ1) is 14.8. The Bertz CT molecular complexity index is 831. The fourth-order valence-corrected chi connectivity index (χ4v) is 2.10. The van der Waals surface area contributed by atoms with E-state index in [-0.39, 0.29) is 18.1 Å². The lowest BCUT2D eigenvalue weighted by molar-refractivity contribution is -0.115. The van der Waals surface area contributed by atoms with Gasteiger partial charge in [0.15, 0.2) is 5.82 Å². The Morgan fingerprint density at radius 1 is 1.30 bits per heavy atom. The number of nitrogens with one attached hydrogen (secondary N) is 2. The van der Waals surface area contributed by atoms with Crippen molar-refractivity contribution in [3.8, 4) is 11.5 Å². The number of H-pyrrole nitrogens is 1. The number of aromatic nitrogens is 4. The number of anilines is 1. The van der Waals surface area contributed by atoms with Crippen LogP contribution in [0.4, 0.5) is 10.1 Å². The monoisotopic (exact) mass is 311 g/mol. The third kappa shape index (κ3) is 3.57. The molecule has 23 heavy (non-hydrogen) atoms. The van der Waals surface area contributed by atoms with Gasteiger partial charge >= 0.3 is 0 Å². The van der Waals surface area contributed by atoms with E-state index in [9.17, 15) is 9.18 Å². The van der Waals surface area contributed by atoms with Gasteiger partial charge in [-0.15, -0.1) is 0 Å². The number of nitrogens with zero attached hydrogens (tertiary/aromatic N) is 3. The lowest BCUT2D eigenvalue weighted by Gasteiger charge is -2.07. The van der Waals surface area contributed by atoms with E-state index in [2.05, 4.69) is 25.5 Å². The molecular formula is C16H14FN5O. The highest BCUT2D eigenvalue weighted by molar-refractivity contribution is 5.92. The number of benzene rings is 1. The maximum absolute atomic E-state index is 13.1. The van der Waals surface area contributed by atoms with E-state index in [1.807, 2.05) is 6.07 Å². The molecule has 2 N–H and O–H groups in total. The van der Waals surface area contributed by atoms with Gasteiger partial charge in [0.2, 0.25) is 5.91 Å². The SMILES string of the molecule is Cc1cc(F)ccc1NC(=O)Cc1nc(-c2ccccn2)n[nH]1. The summed E-state index contributed by atoms with van der Waals surface area (Å²) in [6.07, 6.45) is 1.69. The van der Waals surface area contributed by atoms with Crippen LogP contribution >= 0.6 is 0 Å². The second kappa shape index (κ2) is 6.35. The Morgan fingerprint density at radius 3 is 2.91 bits per heavy atom. The largest absolute Gasteiger partial charge is 0.325 e. The molecule has 1 aromatic carbocycles. The highest BCUT2D eigenvalue weighted by Crippen LogP contribution is 2.16. The van der Waals surface area contributed by atoms with Gasteiger partial charge in [0.05, 0.1) is 6.42 Å². The molecule has 0 saturated carbocycles. The van der Waals surface area contributed by atoms with Gasteiger partial charge in [0.1, 0.15) is 17.3 Å². The normalized spacial score (nSPS) is 10.5. The van der Waals surface area contributed by atoms with Crippen molar-refractivity contribution in [2.75, 3.05) is 5.32 Å². The number of hydrogen-bond donors (Lipinski definition) is 2. The standard InChI is InChI=1S/C16H14FN5O/c1-10-8-11(17)5-6-12(10)19-15(23)9-14-20-16(22-21-14)13-4-2-3-7-18-13/h2-8H,9H2,1H3,(H,19,23)(H,20,21,22). The van der Waals surface area contributed by atoms with Gasteiger partial charge in [-0.25, -0.2) is 9.37 Å². The van der Waals surface area contributed by atoms with Crippen LogP contribution in [0.3, 0.4) is 0 Å². The van der Waals surface area contributed by atoms with Crippen LogP contribution in [0.2, 0.25) is 0 Å². The minimum Gasteiger partial charge on any atom is -0.325 e. The first-order valence-corrected chi connectivity index (χ1v) is 7.00. The maximum atomic E-state index is 13.1. The number of pyridine rings is 1. The molecule has 0 radical (unpaired) electrons. The summed E-state index contributed by atoms with van der Waals surface area (Å²) in [6.45, 7) is 1.73. The zero-order chi connectivity index (χ0) is 16.2. The summed E-state index contributed by atoms with van der Waals surface area (Å²) in [5, 5.41) is 9.50. The molecular weight excluding hydrogens is 297 g/mol. The van der Waals surface area contributed by atoms with Crippen LogP contribution in [0.25, 0.3) is 11.5 Å². The molecule has 3 rings (SSSR count). The van der Waals surface area contributed by atoms with E-state index in [1.165, 1.54) is 18.2 Å². The van der Waals surface area contributed by atoms with Gasteiger partial charge in [0.25, 0.3) is 0 Å². The van der Waals surface area contributed by atoms with E-state index in [4.69, 9.17) is 0 Å². The Labute approximate surface area is 131 Å². The number of carbonyl (C=O) groups excluding carboxylic acids is 1. The summed E-state index contributed by atoms with van der Waals surface area (Å²) >= 11 is 0. The van der Waals surface area contributed by atoms with Crippen molar-refractivity contribution >= 4 is 11.6 Å². The number of rotatable bonds is 4. The molecule has 6 nitrogen and oxygen atoms in total. The second-order valence-electron chi connectivity index (χ2n) is 5.00. The van der Waals surface area contributed by atoms with Crippen molar-refractivity contribution in [1.29, 1.82) is 0 Å². The number of carbonyl (C=O) groups is 1. The predicted octanol–water partition coefficient (Wildman–Crippen LogP) is 2.50. The van der Waals surface area contributed by atoms with Crippen LogP contribution in [0, 0.1) is 12.7 Å². The minimum atomic E-state index is -0.337. The average Bonchev–Trinajstić information content (AvgIpc) is 2.99. The van der Waals surface area contributed by atoms with Gasteiger partial charge in [-0.1, -0.05) is 6.07 Å². The smallest absolute Gasteiger partial charge is 0.232 e. The minimum absolute atomic E-state index is 0.0383. The third-order valence-electron chi connectivity index (χ3n) is 3.22. The zero-order valence-electron chi connectivity index (χ0n) is 12.4. The van der Waals surface area contributed by atoms with Crippen LogP contribution < -0.4 is 5.32 Å². The van der Waals surface area contributed by atoms with E-state index >= 15 is 0 Å². The number of hydrogen-bond acceptors (Lipinski definition) is 4. The fraction of sp³-hybridized carbons (Fsp3) is 0.125. The van der Waals surface area contributed by atoms with Crippen molar-refractivity contribution in [2.24, 2.45) is 0 Å². The molecule has 2 heterocycles. The maximum Gasteiger partial charge on any atom is 0.232 e. The van der Waals surface area contributed by atoms with Crippen LogP contribution in [0.1, 0.15) is 11.4 Å². The highest BCUT2D eigenvalue weighted by atomic mass is 19.1. The molecule has 0 saturated heterocycles. The molecule has 7 heteroatoms. The molecule has 1 amide bonds. The molecule has 0 aliphatic heterocycles. The van der Waals surface area contributed by atoms with Crippen molar-refractivity contribution in [3.05, 3.63) is 59.8 Å². The van der Waals surface area contributed by atoms with Gasteiger partial charge in [-0.05, 0) is 42.8 Å². The van der Waals surface area contributed by atoms with Crippen LogP contribution in [-0.4, -0.2) is 26.1 Å². The van der Waals surface area contributed by atoms with Gasteiger partial charge in [-0.2, -0.15) is 5.10 Å². The number of amides is 1. The lowest BCUT2D eigenvalue weighted by Crippen LogP contribution is -2.16. The highest BCUT2D eigenvalue weighted by Gasteiger charge is 2.11. The van der Waals surface area contributed by atoms with Crippen molar-refractivity contribution < 1.29 is 9.18 Å². The topological polar surface area (TPSA) is 83.6 Å². The summed E-state index contributed by atoms with van der Waals surface area (Å²) in [4.78, 5) is 20.5. The second-order valence-corrected chi connectivity index (χ2v) is 5.00. The number of aromatic amines is 1. The van der Waals surface area contributed by atoms with E-state index in [1.54, 1.807) is 25.3 Å². The van der Waals surface area contributed by atoms with E-state index in [0.717, 1.165) is 0 Å². The van der Waals surface area contributed by atoms with Crippen LogP contribution in [-0.2, 0) is 11.2 Å². The zero-order valence-corrected chi connectivity index (χ0v) is 12.4. The quantitative estimate of drug-likeness (QED) is 0.775. The van der Waals surface area contributed by atoms with Crippen LogP contribution in [0.5, 0.6) is 0 Å². The number of aryl methyl sites for hydroxylation is 1. The first-order chi connectivity index (χ1) is 11.1. The summed E-state index contributed by atoms with van der Waals surface area (Å²) in [5.41, 5.74) is 1.86. The van der Waals surface area contributed by atoms with E-state index < -0.39 is 0 Å². The molecule has 0 atom stereocenters. The Kier molecular flexibility index (Phi) is 4.09.